The highest BCUT2D eigenvalue weighted by atomic mass is 16.5. The second-order valence-electron chi connectivity index (χ2n) is 7.78. The Bertz CT molecular complexity index is 774. The fraction of sp³-hybridized carbons (Fsp3) is 0.478. The fourth-order valence-corrected chi connectivity index (χ4v) is 4.12. The Morgan fingerprint density at radius 2 is 1.86 bits per heavy atom. The van der Waals surface area contributed by atoms with Gasteiger partial charge in [0.2, 0.25) is 5.91 Å². The maximum atomic E-state index is 12.8. The number of hydrogen-bond donors (Lipinski definition) is 0. The molecule has 0 saturated carbocycles. The lowest BCUT2D eigenvalue weighted by molar-refractivity contribution is -0.134. The van der Waals surface area contributed by atoms with Crippen molar-refractivity contribution in [3.63, 3.8) is 0 Å². The molecule has 5 heteroatoms. The molecule has 3 heterocycles. The van der Waals surface area contributed by atoms with Crippen LogP contribution in [0.15, 0.2) is 48.5 Å². The number of hydrogen-bond acceptors (Lipinski definition) is 4. The van der Waals surface area contributed by atoms with Crippen molar-refractivity contribution in [2.24, 2.45) is 0 Å². The van der Waals surface area contributed by atoms with Gasteiger partial charge in [0, 0.05) is 49.9 Å². The van der Waals surface area contributed by atoms with Gasteiger partial charge < -0.3 is 9.64 Å². The first-order valence-electron chi connectivity index (χ1n) is 10.4. The first-order chi connectivity index (χ1) is 13.8. The van der Waals surface area contributed by atoms with Crippen LogP contribution < -0.4 is 0 Å². The van der Waals surface area contributed by atoms with Gasteiger partial charge in [-0.25, -0.2) is 0 Å². The predicted octanol–water partition coefficient (Wildman–Crippen LogP) is 2.71. The molecule has 2 aliphatic heterocycles. The van der Waals surface area contributed by atoms with Crippen molar-refractivity contribution in [2.75, 3.05) is 45.9 Å². The van der Waals surface area contributed by atoms with E-state index >= 15 is 0 Å². The lowest BCUT2D eigenvalue weighted by Crippen LogP contribution is -2.47. The molecule has 28 heavy (non-hydrogen) atoms. The van der Waals surface area contributed by atoms with Gasteiger partial charge in [-0.1, -0.05) is 36.4 Å². The van der Waals surface area contributed by atoms with E-state index in [9.17, 15) is 4.79 Å². The minimum absolute atomic E-state index is 0.243. The Kier molecular flexibility index (Phi) is 6.34. The van der Waals surface area contributed by atoms with Crippen LogP contribution in [0.5, 0.6) is 0 Å². The number of ether oxygens (including phenoxy) is 1. The van der Waals surface area contributed by atoms with Gasteiger partial charge in [-0.2, -0.15) is 0 Å². The summed E-state index contributed by atoms with van der Waals surface area (Å²) in [6.45, 7) is 5.33. The molecular weight excluding hydrogens is 350 g/mol. The van der Waals surface area contributed by atoms with Crippen molar-refractivity contribution in [1.82, 2.24) is 14.8 Å². The standard InChI is InChI=1S/C23H29N3O2/c27-23(18-25-12-14-28-15-13-25)26-11-5-8-20(17-26)22-10-4-9-21(24-22)16-19-6-2-1-3-7-19/h1-4,6-7,9-10,20H,5,8,11-18H2/t20-/m0/s1. The molecule has 2 aliphatic rings. The highest BCUT2D eigenvalue weighted by Crippen LogP contribution is 2.26. The summed E-state index contributed by atoms with van der Waals surface area (Å²) in [4.78, 5) is 22.0. The first-order valence-corrected chi connectivity index (χ1v) is 10.4. The van der Waals surface area contributed by atoms with E-state index in [1.165, 1.54) is 5.56 Å². The third-order valence-electron chi connectivity index (χ3n) is 5.71. The van der Waals surface area contributed by atoms with Crippen LogP contribution in [-0.4, -0.2) is 66.6 Å². The molecule has 0 unspecified atom stereocenters. The third kappa shape index (κ3) is 4.97. The lowest BCUT2D eigenvalue weighted by atomic mass is 9.93. The Morgan fingerprint density at radius 1 is 1.04 bits per heavy atom. The zero-order chi connectivity index (χ0) is 19.2. The smallest absolute Gasteiger partial charge is 0.236 e. The average Bonchev–Trinajstić information content (AvgIpc) is 2.75. The summed E-state index contributed by atoms with van der Waals surface area (Å²) >= 11 is 0. The normalized spacial score (nSPS) is 20.9. The summed E-state index contributed by atoms with van der Waals surface area (Å²) in [5.74, 6) is 0.574. The number of morpholine rings is 1. The molecule has 5 nitrogen and oxygen atoms in total. The number of carbonyl (C=O) groups is 1. The topological polar surface area (TPSA) is 45.7 Å². The Morgan fingerprint density at radius 3 is 2.68 bits per heavy atom. The number of rotatable bonds is 5. The Labute approximate surface area is 167 Å². The van der Waals surface area contributed by atoms with Crippen LogP contribution in [0.4, 0.5) is 0 Å². The molecule has 1 amide bonds. The molecule has 0 aliphatic carbocycles. The quantitative estimate of drug-likeness (QED) is 0.801. The number of benzene rings is 1. The minimum atomic E-state index is 0.243. The number of nitrogens with zero attached hydrogens (tertiary/aromatic N) is 3. The molecule has 1 atom stereocenters. The molecule has 0 radical (unpaired) electrons. The molecular formula is C23H29N3O2. The largest absolute Gasteiger partial charge is 0.379 e. The van der Waals surface area contributed by atoms with E-state index < -0.39 is 0 Å². The lowest BCUT2D eigenvalue weighted by Gasteiger charge is -2.35. The minimum Gasteiger partial charge on any atom is -0.379 e. The fourth-order valence-electron chi connectivity index (χ4n) is 4.12. The molecule has 0 N–H and O–H groups in total. The van der Waals surface area contributed by atoms with Gasteiger partial charge in [0.05, 0.1) is 19.8 Å². The summed E-state index contributed by atoms with van der Waals surface area (Å²) < 4.78 is 5.38. The molecule has 4 rings (SSSR count). The SMILES string of the molecule is O=C(CN1CCOCC1)N1CCC[C@H](c2cccc(Cc3ccccc3)n2)C1. The predicted molar refractivity (Wildman–Crippen MR) is 109 cm³/mol. The first kappa shape index (κ1) is 19.1. The highest BCUT2D eigenvalue weighted by molar-refractivity contribution is 5.78. The number of aromatic nitrogens is 1. The average molecular weight is 380 g/mol. The monoisotopic (exact) mass is 379 g/mol. The number of amides is 1. The maximum absolute atomic E-state index is 12.8. The summed E-state index contributed by atoms with van der Waals surface area (Å²) in [6.07, 6.45) is 2.99. The third-order valence-corrected chi connectivity index (χ3v) is 5.71. The summed E-state index contributed by atoms with van der Waals surface area (Å²) in [6, 6.07) is 16.8. The molecule has 1 aromatic carbocycles. The summed E-state index contributed by atoms with van der Waals surface area (Å²) in [5, 5.41) is 0. The van der Waals surface area contributed by atoms with Gasteiger partial charge >= 0.3 is 0 Å². The highest BCUT2D eigenvalue weighted by Gasteiger charge is 2.27. The Balaban J connectivity index is 1.38. The van der Waals surface area contributed by atoms with Gasteiger partial charge in [0.25, 0.3) is 0 Å². The van der Waals surface area contributed by atoms with Crippen LogP contribution in [0.3, 0.4) is 0 Å². The van der Waals surface area contributed by atoms with Gasteiger partial charge in [0.15, 0.2) is 0 Å². The summed E-state index contributed by atoms with van der Waals surface area (Å²) in [7, 11) is 0. The van der Waals surface area contributed by atoms with Gasteiger partial charge in [0.1, 0.15) is 0 Å². The second-order valence-corrected chi connectivity index (χ2v) is 7.78. The molecule has 2 fully saturated rings. The van der Waals surface area contributed by atoms with E-state index in [4.69, 9.17) is 9.72 Å². The van der Waals surface area contributed by atoms with E-state index in [0.29, 0.717) is 12.5 Å². The van der Waals surface area contributed by atoms with E-state index in [1.54, 1.807) is 0 Å². The number of likely N-dealkylation sites (tertiary alicyclic amines) is 1. The van der Waals surface area contributed by atoms with Crippen molar-refractivity contribution in [2.45, 2.75) is 25.2 Å². The number of pyridine rings is 1. The summed E-state index contributed by atoms with van der Waals surface area (Å²) in [5.41, 5.74) is 3.50. The van der Waals surface area contributed by atoms with Gasteiger partial charge in [-0.05, 0) is 30.5 Å². The second kappa shape index (κ2) is 9.30. The van der Waals surface area contributed by atoms with Crippen molar-refractivity contribution >= 4 is 5.91 Å². The zero-order valence-corrected chi connectivity index (χ0v) is 16.4. The molecule has 2 saturated heterocycles. The van der Waals surface area contributed by atoms with E-state index in [-0.39, 0.29) is 5.91 Å². The van der Waals surface area contributed by atoms with Crippen molar-refractivity contribution in [3.05, 3.63) is 65.5 Å². The molecule has 0 bridgehead atoms. The number of carbonyl (C=O) groups excluding carboxylic acids is 1. The van der Waals surface area contributed by atoms with E-state index in [2.05, 4.69) is 47.4 Å². The van der Waals surface area contributed by atoms with Crippen molar-refractivity contribution < 1.29 is 9.53 Å². The van der Waals surface area contributed by atoms with Gasteiger partial charge in [-0.15, -0.1) is 0 Å². The van der Waals surface area contributed by atoms with Crippen molar-refractivity contribution in [3.8, 4) is 0 Å². The van der Waals surface area contributed by atoms with Crippen LogP contribution >= 0.6 is 0 Å². The number of piperidine rings is 1. The molecule has 2 aromatic rings. The zero-order valence-electron chi connectivity index (χ0n) is 16.4. The molecule has 0 spiro atoms. The molecule has 1 aromatic heterocycles. The van der Waals surface area contributed by atoms with Crippen LogP contribution in [0.25, 0.3) is 0 Å². The molecule has 148 valence electrons. The van der Waals surface area contributed by atoms with Crippen molar-refractivity contribution in [1.29, 1.82) is 0 Å². The van der Waals surface area contributed by atoms with Crippen LogP contribution in [-0.2, 0) is 16.0 Å². The van der Waals surface area contributed by atoms with E-state index in [1.807, 2.05) is 11.0 Å². The van der Waals surface area contributed by atoms with E-state index in [0.717, 1.165) is 70.0 Å². The van der Waals surface area contributed by atoms with Gasteiger partial charge in [-0.3, -0.25) is 14.7 Å². The maximum Gasteiger partial charge on any atom is 0.236 e. The van der Waals surface area contributed by atoms with Crippen LogP contribution in [0.2, 0.25) is 0 Å². The Hall–Kier alpha value is -2.24. The van der Waals surface area contributed by atoms with Crippen LogP contribution in [0.1, 0.15) is 35.7 Å². The van der Waals surface area contributed by atoms with Crippen LogP contribution in [0, 0.1) is 0 Å².